The van der Waals surface area contributed by atoms with Crippen LogP contribution >= 0.6 is 15.9 Å². The number of hydrogen-bond donors (Lipinski definition) is 2. The van der Waals surface area contributed by atoms with Gasteiger partial charge in [-0.3, -0.25) is 4.79 Å². The summed E-state index contributed by atoms with van der Waals surface area (Å²) in [5.74, 6) is -1.04. The minimum absolute atomic E-state index is 0.107. The lowest BCUT2D eigenvalue weighted by Gasteiger charge is -2.08. The van der Waals surface area contributed by atoms with Crippen LogP contribution in [0.25, 0.3) is 0 Å². The summed E-state index contributed by atoms with van der Waals surface area (Å²) >= 11 is 3.11. The Morgan fingerprint density at radius 2 is 2.10 bits per heavy atom. The fourth-order valence-corrected chi connectivity index (χ4v) is 2.10. The molecule has 0 heterocycles. The molecule has 100 valence electrons. The summed E-state index contributed by atoms with van der Waals surface area (Å²) in [4.78, 5) is 12.1. The van der Waals surface area contributed by atoms with Crippen molar-refractivity contribution in [1.82, 2.24) is 0 Å². The van der Waals surface area contributed by atoms with E-state index >= 15 is 0 Å². The topological polar surface area (TPSA) is 78.9 Å². The first kappa shape index (κ1) is 14.0. The van der Waals surface area contributed by atoms with Crippen LogP contribution < -0.4 is 11.1 Å². The molecule has 0 spiro atoms. The van der Waals surface area contributed by atoms with Gasteiger partial charge < -0.3 is 11.1 Å². The van der Waals surface area contributed by atoms with Gasteiger partial charge in [0.05, 0.1) is 22.9 Å². The van der Waals surface area contributed by atoms with Gasteiger partial charge in [0.1, 0.15) is 5.82 Å². The van der Waals surface area contributed by atoms with Crippen LogP contribution in [0.4, 0.5) is 15.8 Å². The Bertz CT molecular complexity index is 725. The minimum Gasteiger partial charge on any atom is -0.396 e. The van der Waals surface area contributed by atoms with Crippen LogP contribution in [0.3, 0.4) is 0 Å². The molecule has 0 atom stereocenters. The first-order valence-electron chi connectivity index (χ1n) is 5.57. The van der Waals surface area contributed by atoms with Gasteiger partial charge in [0, 0.05) is 10.2 Å². The van der Waals surface area contributed by atoms with E-state index in [4.69, 9.17) is 11.0 Å². The molecule has 0 fully saturated rings. The molecule has 0 aliphatic rings. The van der Waals surface area contributed by atoms with E-state index in [0.717, 1.165) is 6.07 Å². The lowest BCUT2D eigenvalue weighted by atomic mass is 10.1. The van der Waals surface area contributed by atoms with Gasteiger partial charge in [-0.1, -0.05) is 6.07 Å². The van der Waals surface area contributed by atoms with Gasteiger partial charge in [-0.2, -0.15) is 5.26 Å². The van der Waals surface area contributed by atoms with Crippen molar-refractivity contribution < 1.29 is 9.18 Å². The van der Waals surface area contributed by atoms with Gasteiger partial charge in [-0.15, -0.1) is 0 Å². The molecule has 2 rings (SSSR count). The predicted molar refractivity (Wildman–Crippen MR) is 77.6 cm³/mol. The first-order chi connectivity index (χ1) is 9.51. The number of nitrogens with zero attached hydrogens (tertiary/aromatic N) is 1. The maximum atomic E-state index is 13.2. The van der Waals surface area contributed by atoms with Crippen molar-refractivity contribution in [3.8, 4) is 6.07 Å². The molecule has 0 radical (unpaired) electrons. The Labute approximate surface area is 123 Å². The SMILES string of the molecule is N#Cc1cccc(NC(=O)c2cc(N)c(F)cc2Br)c1. The number of hydrogen-bond acceptors (Lipinski definition) is 3. The summed E-state index contributed by atoms with van der Waals surface area (Å²) in [5, 5.41) is 11.4. The van der Waals surface area contributed by atoms with E-state index in [1.165, 1.54) is 6.07 Å². The fraction of sp³-hybridized carbons (Fsp3) is 0. The quantitative estimate of drug-likeness (QED) is 0.827. The molecule has 20 heavy (non-hydrogen) atoms. The largest absolute Gasteiger partial charge is 0.396 e. The van der Waals surface area contributed by atoms with E-state index < -0.39 is 11.7 Å². The van der Waals surface area contributed by atoms with Crippen molar-refractivity contribution in [2.75, 3.05) is 11.1 Å². The van der Waals surface area contributed by atoms with Crippen LogP contribution in [0.1, 0.15) is 15.9 Å². The van der Waals surface area contributed by atoms with E-state index in [-0.39, 0.29) is 11.3 Å². The number of nitrogens with one attached hydrogen (secondary N) is 1. The lowest BCUT2D eigenvalue weighted by Crippen LogP contribution is -2.13. The Morgan fingerprint density at radius 3 is 2.80 bits per heavy atom. The van der Waals surface area contributed by atoms with Crippen molar-refractivity contribution in [3.05, 3.63) is 57.8 Å². The van der Waals surface area contributed by atoms with Gasteiger partial charge in [0.2, 0.25) is 0 Å². The monoisotopic (exact) mass is 333 g/mol. The molecular formula is C14H9BrFN3O. The third-order valence-corrected chi connectivity index (χ3v) is 3.24. The van der Waals surface area contributed by atoms with Gasteiger partial charge in [0.15, 0.2) is 0 Å². The summed E-state index contributed by atoms with van der Waals surface area (Å²) in [7, 11) is 0. The van der Waals surface area contributed by atoms with Crippen LogP contribution in [-0.4, -0.2) is 5.91 Å². The number of carbonyl (C=O) groups excluding carboxylic acids is 1. The molecule has 1 amide bonds. The van der Waals surface area contributed by atoms with Crippen molar-refractivity contribution >= 4 is 33.2 Å². The highest BCUT2D eigenvalue weighted by Gasteiger charge is 2.13. The number of carbonyl (C=O) groups is 1. The highest BCUT2D eigenvalue weighted by atomic mass is 79.9. The maximum absolute atomic E-state index is 13.2. The van der Waals surface area contributed by atoms with Gasteiger partial charge >= 0.3 is 0 Å². The summed E-state index contributed by atoms with van der Waals surface area (Å²) in [6.45, 7) is 0. The van der Waals surface area contributed by atoms with Gasteiger partial charge in [-0.25, -0.2) is 4.39 Å². The van der Waals surface area contributed by atoms with Crippen LogP contribution in [0.15, 0.2) is 40.9 Å². The number of amides is 1. The van der Waals surface area contributed by atoms with E-state index in [2.05, 4.69) is 21.2 Å². The van der Waals surface area contributed by atoms with Crippen LogP contribution in [0.5, 0.6) is 0 Å². The molecule has 0 aliphatic heterocycles. The molecule has 0 aliphatic carbocycles. The van der Waals surface area contributed by atoms with Crippen LogP contribution in [0.2, 0.25) is 0 Å². The number of nitrogen functional groups attached to an aromatic ring is 1. The van der Waals surface area contributed by atoms with Gasteiger partial charge in [0.25, 0.3) is 5.91 Å². The molecule has 4 nitrogen and oxygen atoms in total. The summed E-state index contributed by atoms with van der Waals surface area (Å²) in [6.07, 6.45) is 0. The van der Waals surface area contributed by atoms with Crippen molar-refractivity contribution in [1.29, 1.82) is 5.26 Å². The highest BCUT2D eigenvalue weighted by molar-refractivity contribution is 9.10. The molecule has 0 bridgehead atoms. The number of anilines is 2. The van der Waals surface area contributed by atoms with E-state index in [0.29, 0.717) is 15.7 Å². The second-order valence-electron chi connectivity index (χ2n) is 4.00. The number of nitriles is 1. The molecule has 3 N–H and O–H groups in total. The highest BCUT2D eigenvalue weighted by Crippen LogP contribution is 2.24. The smallest absolute Gasteiger partial charge is 0.256 e. The maximum Gasteiger partial charge on any atom is 0.256 e. The van der Waals surface area contributed by atoms with Crippen molar-refractivity contribution in [2.24, 2.45) is 0 Å². The Balaban J connectivity index is 2.28. The molecule has 0 saturated carbocycles. The van der Waals surface area contributed by atoms with Crippen LogP contribution in [0, 0.1) is 17.1 Å². The average molecular weight is 334 g/mol. The molecule has 2 aromatic carbocycles. The zero-order valence-electron chi connectivity index (χ0n) is 10.2. The third kappa shape index (κ3) is 2.95. The molecule has 0 unspecified atom stereocenters. The normalized spacial score (nSPS) is 9.85. The van der Waals surface area contributed by atoms with Crippen molar-refractivity contribution in [3.63, 3.8) is 0 Å². The summed E-state index contributed by atoms with van der Waals surface area (Å²) < 4.78 is 13.5. The Kier molecular flexibility index (Phi) is 4.01. The Morgan fingerprint density at radius 1 is 1.35 bits per heavy atom. The third-order valence-electron chi connectivity index (χ3n) is 2.58. The number of rotatable bonds is 2. The molecule has 6 heteroatoms. The standard InChI is InChI=1S/C14H9BrFN3O/c15-11-6-12(16)13(18)5-10(11)14(20)19-9-3-1-2-8(4-9)7-17/h1-6H,18H2,(H,19,20). The first-order valence-corrected chi connectivity index (χ1v) is 6.36. The second kappa shape index (κ2) is 5.72. The molecular weight excluding hydrogens is 325 g/mol. The minimum atomic E-state index is -0.597. The van der Waals surface area contributed by atoms with Crippen LogP contribution in [-0.2, 0) is 0 Å². The zero-order valence-corrected chi connectivity index (χ0v) is 11.7. The zero-order chi connectivity index (χ0) is 14.7. The van der Waals surface area contributed by atoms with Gasteiger partial charge in [-0.05, 0) is 46.3 Å². The average Bonchev–Trinajstić information content (AvgIpc) is 2.43. The summed E-state index contributed by atoms with van der Waals surface area (Å²) in [5.41, 5.74) is 6.46. The lowest BCUT2D eigenvalue weighted by molar-refractivity contribution is 0.102. The van der Waals surface area contributed by atoms with Crippen molar-refractivity contribution in [2.45, 2.75) is 0 Å². The number of halogens is 2. The Hall–Kier alpha value is -2.39. The van der Waals surface area contributed by atoms with E-state index in [1.807, 2.05) is 6.07 Å². The van der Waals surface area contributed by atoms with E-state index in [9.17, 15) is 9.18 Å². The second-order valence-corrected chi connectivity index (χ2v) is 4.85. The number of nitrogens with two attached hydrogens (primary N) is 1. The molecule has 0 saturated heterocycles. The fourth-order valence-electron chi connectivity index (χ4n) is 1.60. The molecule has 0 aromatic heterocycles. The number of benzene rings is 2. The van der Waals surface area contributed by atoms with E-state index in [1.54, 1.807) is 24.3 Å². The summed E-state index contributed by atoms with van der Waals surface area (Å²) in [6, 6.07) is 10.8. The predicted octanol–water partition coefficient (Wildman–Crippen LogP) is 3.29. The molecule has 2 aromatic rings.